The smallest absolute Gasteiger partial charge is 0.272 e. The molecule has 11 nitrogen and oxygen atoms in total. The predicted octanol–water partition coefficient (Wildman–Crippen LogP) is 9.32. The fourth-order valence-electron chi connectivity index (χ4n) is 6.50. The van der Waals surface area contributed by atoms with E-state index in [0.29, 0.717) is 48.0 Å². The van der Waals surface area contributed by atoms with Gasteiger partial charge < -0.3 is 35.3 Å². The Morgan fingerprint density at radius 3 is 2.54 bits per heavy atom. The van der Waals surface area contributed by atoms with Crippen molar-refractivity contribution in [1.29, 1.82) is 0 Å². The van der Waals surface area contributed by atoms with Crippen LogP contribution in [0.1, 0.15) is 55.6 Å². The molecule has 1 aliphatic heterocycles. The second-order valence-corrected chi connectivity index (χ2v) is 18.3. The molecule has 0 spiro atoms. The number of nitrogens with zero attached hydrogens (tertiary/aromatic N) is 2. The number of carbonyl (C=O) groups excluding carboxylic acids is 3. The third-order valence-corrected chi connectivity index (χ3v) is 13.1. The van der Waals surface area contributed by atoms with Gasteiger partial charge in [0.1, 0.15) is 5.69 Å². The Morgan fingerprint density at radius 1 is 0.946 bits per heavy atom. The monoisotopic (exact) mass is 812 g/mol. The third-order valence-electron chi connectivity index (χ3n) is 9.42. The normalized spacial score (nSPS) is 13.6. The van der Waals surface area contributed by atoms with Gasteiger partial charge in [0, 0.05) is 65.1 Å². The number of thiophene rings is 1. The molecule has 3 heterocycles. The summed E-state index contributed by atoms with van der Waals surface area (Å²) in [5, 5.41) is 13.9. The van der Waals surface area contributed by atoms with E-state index in [2.05, 4.69) is 47.2 Å². The average molecular weight is 813 g/mol. The molecule has 6 rings (SSSR count). The lowest BCUT2D eigenvalue weighted by atomic mass is 9.93. The van der Waals surface area contributed by atoms with Crippen LogP contribution >= 0.6 is 32.9 Å². The summed E-state index contributed by atoms with van der Waals surface area (Å²) in [6, 6.07) is 21.5. The molecule has 1 atom stereocenters. The fraction of sp³-hybridized carbons (Fsp3) is 0.333. The number of methoxy groups -OCH3 is 1. The van der Waals surface area contributed by atoms with E-state index in [-0.39, 0.29) is 34.9 Å². The molecule has 294 valence electrons. The first-order valence-corrected chi connectivity index (χ1v) is 21.8. The zero-order valence-electron chi connectivity index (χ0n) is 32.5. The molecule has 14 heteroatoms. The molecule has 1 unspecified atom stereocenters. The highest BCUT2D eigenvalue weighted by Gasteiger charge is 2.21. The molecular formula is C42H48N6O5S3. The third kappa shape index (κ3) is 10.3. The first-order valence-electron chi connectivity index (χ1n) is 18.4. The number of amides is 3. The quantitative estimate of drug-likeness (QED) is 0.0572. The van der Waals surface area contributed by atoms with E-state index in [1.807, 2.05) is 68.0 Å². The summed E-state index contributed by atoms with van der Waals surface area (Å²) in [5.41, 5.74) is 5.63. The molecule has 56 heavy (non-hydrogen) atoms. The maximum Gasteiger partial charge on any atom is 0.272 e. The SMILES string of the molecule is CNC1C=Nc2cc(OCCCC(=O)Nc3cc(C(=O)Nc4ccc5sc(NC(=O)CCC(C)(C)SSC)cc5c4)n(C)c3)c(OC)cc2-c2ccccc2C1. The largest absolute Gasteiger partial charge is 0.493 e. The lowest BCUT2D eigenvalue weighted by Crippen LogP contribution is -2.29. The number of benzene rings is 3. The second-order valence-electron chi connectivity index (χ2n) is 14.2. The van der Waals surface area contributed by atoms with Gasteiger partial charge in [0.25, 0.3) is 5.91 Å². The zero-order valence-corrected chi connectivity index (χ0v) is 34.9. The highest BCUT2D eigenvalue weighted by molar-refractivity contribution is 8.76. The Morgan fingerprint density at radius 2 is 1.75 bits per heavy atom. The van der Waals surface area contributed by atoms with Gasteiger partial charge >= 0.3 is 0 Å². The number of anilines is 3. The first-order chi connectivity index (χ1) is 26.9. The zero-order chi connectivity index (χ0) is 39.8. The van der Waals surface area contributed by atoms with Crippen LogP contribution in [0.3, 0.4) is 0 Å². The number of aliphatic imine (C=N–C) groups is 1. The number of fused-ring (bicyclic) bond motifs is 4. The van der Waals surface area contributed by atoms with E-state index >= 15 is 0 Å². The molecule has 0 saturated carbocycles. The molecule has 0 radical (unpaired) electrons. The maximum atomic E-state index is 13.3. The van der Waals surface area contributed by atoms with Gasteiger partial charge in [-0.1, -0.05) is 45.9 Å². The van der Waals surface area contributed by atoms with Gasteiger partial charge in [0.2, 0.25) is 11.8 Å². The molecule has 0 bridgehead atoms. The van der Waals surface area contributed by atoms with Gasteiger partial charge in [0.15, 0.2) is 11.5 Å². The van der Waals surface area contributed by atoms with E-state index in [1.54, 1.807) is 52.6 Å². The van der Waals surface area contributed by atoms with Gasteiger partial charge in [0.05, 0.1) is 30.1 Å². The molecule has 0 saturated heterocycles. The van der Waals surface area contributed by atoms with E-state index in [1.165, 1.54) is 16.9 Å². The number of likely N-dealkylation sites (N-methyl/N-ethyl adjacent to an activating group) is 1. The number of rotatable bonds is 16. The summed E-state index contributed by atoms with van der Waals surface area (Å²) in [4.78, 5) is 43.6. The van der Waals surface area contributed by atoms with Crippen LogP contribution in [0.4, 0.5) is 22.1 Å². The minimum absolute atomic E-state index is 0.0119. The minimum Gasteiger partial charge on any atom is -0.493 e. The van der Waals surface area contributed by atoms with Crippen LogP contribution in [0.25, 0.3) is 21.2 Å². The number of hydrogen-bond donors (Lipinski definition) is 4. The highest BCUT2D eigenvalue weighted by Crippen LogP contribution is 2.42. The molecule has 0 fully saturated rings. The molecular weight excluding hydrogens is 765 g/mol. The fourth-order valence-corrected chi connectivity index (χ4v) is 9.70. The number of aryl methyl sites for hydroxylation is 1. The van der Waals surface area contributed by atoms with Gasteiger partial charge in [-0.15, -0.1) is 11.3 Å². The van der Waals surface area contributed by atoms with Crippen LogP contribution in [0, 0.1) is 0 Å². The molecule has 2 aromatic heterocycles. The van der Waals surface area contributed by atoms with Crippen molar-refractivity contribution in [3.05, 3.63) is 84.2 Å². The average Bonchev–Trinajstić information content (AvgIpc) is 3.74. The van der Waals surface area contributed by atoms with Crippen molar-refractivity contribution >= 4 is 89.0 Å². The molecule has 3 amide bonds. The summed E-state index contributed by atoms with van der Waals surface area (Å²) < 4.78 is 14.5. The van der Waals surface area contributed by atoms with Crippen molar-refractivity contribution in [2.24, 2.45) is 12.0 Å². The molecule has 3 aromatic carbocycles. The summed E-state index contributed by atoms with van der Waals surface area (Å²) in [5.74, 6) is 0.642. The van der Waals surface area contributed by atoms with Crippen LogP contribution in [-0.4, -0.2) is 66.3 Å². The number of nitrogens with one attached hydrogen (secondary N) is 4. The summed E-state index contributed by atoms with van der Waals surface area (Å²) in [6.07, 6.45) is 8.41. The van der Waals surface area contributed by atoms with Crippen molar-refractivity contribution < 1.29 is 23.9 Å². The molecule has 0 aliphatic carbocycles. The summed E-state index contributed by atoms with van der Waals surface area (Å²) in [6.45, 7) is 4.59. The Hall–Kier alpha value is -4.76. The second kappa shape index (κ2) is 18.5. The van der Waals surface area contributed by atoms with Crippen LogP contribution in [0.15, 0.2) is 77.9 Å². The number of aromatic nitrogens is 1. The number of hydrogen-bond acceptors (Lipinski definition) is 10. The number of ether oxygens (including phenoxy) is 2. The Kier molecular flexibility index (Phi) is 13.5. The van der Waals surface area contributed by atoms with Crippen molar-refractivity contribution in [2.45, 2.75) is 56.7 Å². The van der Waals surface area contributed by atoms with Crippen LogP contribution in [0.5, 0.6) is 11.5 Å². The van der Waals surface area contributed by atoms with E-state index in [9.17, 15) is 14.4 Å². The molecule has 4 N–H and O–H groups in total. The van der Waals surface area contributed by atoms with Gasteiger partial charge in [-0.25, -0.2) is 0 Å². The molecule has 5 aromatic rings. The predicted molar refractivity (Wildman–Crippen MR) is 235 cm³/mol. The Labute approximate surface area is 339 Å². The summed E-state index contributed by atoms with van der Waals surface area (Å²) in [7, 11) is 8.78. The topological polar surface area (TPSA) is 135 Å². The van der Waals surface area contributed by atoms with Gasteiger partial charge in [-0.2, -0.15) is 0 Å². The summed E-state index contributed by atoms with van der Waals surface area (Å²) >= 11 is 1.50. The Balaban J connectivity index is 1.01. The lowest BCUT2D eigenvalue weighted by molar-refractivity contribution is -0.117. The highest BCUT2D eigenvalue weighted by atomic mass is 33.1. The standard InChI is InChI=1S/C42H48N6O5S3/c1-42(2,56-54-6)16-15-39(50)47-40-20-27-19-28(13-14-37(27)55-40)46-41(51)34-21-30(25-48(34)4)45-38(49)12-9-17-53-36-23-33-32(22-35(36)52-5)31-11-8-7-10-26(31)18-29(43-3)24-44-33/h7-8,10-11,13-14,19-25,29,43H,9,12,15-18H2,1-6H3,(H,45,49)(H,46,51)(H,47,50). The maximum absolute atomic E-state index is 13.3. The Bertz CT molecular complexity index is 2250. The van der Waals surface area contributed by atoms with Crippen LogP contribution in [0.2, 0.25) is 0 Å². The van der Waals surface area contributed by atoms with Gasteiger partial charge in [-0.05, 0) is 99.3 Å². The van der Waals surface area contributed by atoms with Crippen molar-refractivity contribution in [1.82, 2.24) is 9.88 Å². The minimum atomic E-state index is -0.310. The van der Waals surface area contributed by atoms with E-state index in [0.717, 1.165) is 44.7 Å². The van der Waals surface area contributed by atoms with E-state index < -0.39 is 0 Å². The molecule has 1 aliphatic rings. The van der Waals surface area contributed by atoms with Crippen LogP contribution in [-0.2, 0) is 23.1 Å². The number of carbonyl (C=O) groups is 3. The van der Waals surface area contributed by atoms with Crippen molar-refractivity contribution in [3.8, 4) is 22.6 Å². The first kappa shape index (κ1) is 40.9. The van der Waals surface area contributed by atoms with Gasteiger partial charge in [-0.3, -0.25) is 19.4 Å². The lowest BCUT2D eigenvalue weighted by Gasteiger charge is -2.21. The van der Waals surface area contributed by atoms with E-state index in [4.69, 9.17) is 14.5 Å². The van der Waals surface area contributed by atoms with Crippen molar-refractivity contribution in [3.63, 3.8) is 0 Å². The van der Waals surface area contributed by atoms with Crippen LogP contribution < -0.4 is 30.7 Å². The van der Waals surface area contributed by atoms with Crippen molar-refractivity contribution in [2.75, 3.05) is 43.0 Å².